The maximum Gasteiger partial charge on any atom is 0.123 e. The van der Waals surface area contributed by atoms with E-state index in [9.17, 15) is 13.9 Å². The molecule has 0 spiro atoms. The summed E-state index contributed by atoms with van der Waals surface area (Å²) in [7, 11) is 0. The van der Waals surface area contributed by atoms with E-state index in [-0.39, 0.29) is 11.6 Å². The quantitative estimate of drug-likeness (QED) is 0.796. The molecule has 0 bridgehead atoms. The van der Waals surface area contributed by atoms with Crippen LogP contribution in [-0.2, 0) is 6.42 Å². The van der Waals surface area contributed by atoms with Crippen molar-refractivity contribution in [3.8, 4) is 0 Å². The average molecular weight is 277 g/mol. The van der Waals surface area contributed by atoms with Gasteiger partial charge in [-0.2, -0.15) is 0 Å². The zero-order valence-electron chi connectivity index (χ0n) is 11.0. The van der Waals surface area contributed by atoms with Gasteiger partial charge in [0.1, 0.15) is 11.6 Å². The fraction of sp³-hybridized carbons (Fsp3) is 0.250. The van der Waals surface area contributed by atoms with Gasteiger partial charge < -0.3 is 10.4 Å². The van der Waals surface area contributed by atoms with Gasteiger partial charge in [0.15, 0.2) is 0 Å². The summed E-state index contributed by atoms with van der Waals surface area (Å²) in [6.07, 6.45) is 0.0972. The van der Waals surface area contributed by atoms with E-state index in [4.69, 9.17) is 0 Å². The maximum atomic E-state index is 12.7. The Hall–Kier alpha value is -1.78. The minimum absolute atomic E-state index is 0.242. The molecular formula is C16H17F2NO. The monoisotopic (exact) mass is 277 g/mol. The van der Waals surface area contributed by atoms with E-state index in [1.54, 1.807) is 24.3 Å². The Labute approximate surface area is 117 Å². The molecule has 0 fully saturated rings. The highest BCUT2D eigenvalue weighted by molar-refractivity contribution is 5.19. The third-order valence-corrected chi connectivity index (χ3v) is 3.10. The van der Waals surface area contributed by atoms with Gasteiger partial charge in [0.2, 0.25) is 0 Å². The first-order valence-electron chi connectivity index (χ1n) is 6.54. The van der Waals surface area contributed by atoms with Crippen LogP contribution in [0.2, 0.25) is 0 Å². The number of halogens is 2. The van der Waals surface area contributed by atoms with Crippen LogP contribution in [0, 0.1) is 11.6 Å². The van der Waals surface area contributed by atoms with Gasteiger partial charge >= 0.3 is 0 Å². The lowest BCUT2D eigenvalue weighted by molar-refractivity contribution is 0.175. The molecule has 106 valence electrons. The second-order valence-corrected chi connectivity index (χ2v) is 4.65. The minimum Gasteiger partial charge on any atom is -0.387 e. The number of aliphatic hydroxyl groups excluding tert-OH is 1. The molecule has 2 nitrogen and oxygen atoms in total. The molecule has 1 atom stereocenters. The van der Waals surface area contributed by atoms with Crippen LogP contribution in [0.1, 0.15) is 17.2 Å². The van der Waals surface area contributed by atoms with Crippen LogP contribution >= 0.6 is 0 Å². The van der Waals surface area contributed by atoms with Crippen LogP contribution in [0.3, 0.4) is 0 Å². The number of hydrogen-bond donors (Lipinski definition) is 2. The van der Waals surface area contributed by atoms with Gasteiger partial charge in [-0.05, 0) is 48.4 Å². The van der Waals surface area contributed by atoms with Gasteiger partial charge in [0, 0.05) is 6.54 Å². The lowest BCUT2D eigenvalue weighted by atomic mass is 10.1. The first-order valence-corrected chi connectivity index (χ1v) is 6.54. The summed E-state index contributed by atoms with van der Waals surface area (Å²) in [6, 6.07) is 12.2. The largest absolute Gasteiger partial charge is 0.387 e. The van der Waals surface area contributed by atoms with Gasteiger partial charge in [-0.3, -0.25) is 0 Å². The predicted octanol–water partition coefficient (Wildman–Crippen LogP) is 2.83. The predicted molar refractivity (Wildman–Crippen MR) is 74.3 cm³/mol. The van der Waals surface area contributed by atoms with Gasteiger partial charge in [-0.15, -0.1) is 0 Å². The molecule has 0 aliphatic rings. The summed E-state index contributed by atoms with van der Waals surface area (Å²) < 4.78 is 25.5. The van der Waals surface area contributed by atoms with Crippen molar-refractivity contribution in [2.75, 3.05) is 13.1 Å². The molecule has 0 saturated heterocycles. The van der Waals surface area contributed by atoms with Gasteiger partial charge in [0.25, 0.3) is 0 Å². The van der Waals surface area contributed by atoms with Crippen molar-refractivity contribution in [1.82, 2.24) is 5.32 Å². The molecule has 0 aliphatic carbocycles. The van der Waals surface area contributed by atoms with Crippen LogP contribution in [-0.4, -0.2) is 18.2 Å². The van der Waals surface area contributed by atoms with Gasteiger partial charge in [0.05, 0.1) is 6.10 Å². The summed E-state index contributed by atoms with van der Waals surface area (Å²) >= 11 is 0. The van der Waals surface area contributed by atoms with E-state index in [0.717, 1.165) is 12.0 Å². The Balaban J connectivity index is 1.72. The van der Waals surface area contributed by atoms with Crippen LogP contribution in [0.25, 0.3) is 0 Å². The topological polar surface area (TPSA) is 32.3 Å². The van der Waals surface area contributed by atoms with Crippen LogP contribution in [0.5, 0.6) is 0 Å². The van der Waals surface area contributed by atoms with Crippen molar-refractivity contribution >= 4 is 0 Å². The molecule has 2 rings (SSSR count). The second-order valence-electron chi connectivity index (χ2n) is 4.65. The summed E-state index contributed by atoms with van der Waals surface area (Å²) in [5, 5.41) is 13.0. The number of rotatable bonds is 6. The Bertz CT molecular complexity index is 525. The molecule has 2 aromatic carbocycles. The molecule has 0 saturated carbocycles. The SMILES string of the molecule is OC(CNCCc1ccc(F)cc1)c1ccc(F)cc1. The second kappa shape index (κ2) is 7.12. The molecule has 0 amide bonds. The van der Waals surface area contributed by atoms with E-state index < -0.39 is 6.10 Å². The fourth-order valence-corrected chi connectivity index (χ4v) is 1.93. The van der Waals surface area contributed by atoms with Crippen molar-refractivity contribution in [2.45, 2.75) is 12.5 Å². The van der Waals surface area contributed by atoms with E-state index >= 15 is 0 Å². The zero-order chi connectivity index (χ0) is 14.4. The molecule has 2 aromatic rings. The number of nitrogens with one attached hydrogen (secondary N) is 1. The molecule has 2 N–H and O–H groups in total. The van der Waals surface area contributed by atoms with E-state index in [1.807, 2.05) is 0 Å². The molecule has 20 heavy (non-hydrogen) atoms. The number of aliphatic hydroxyl groups is 1. The highest BCUT2D eigenvalue weighted by atomic mass is 19.1. The third-order valence-electron chi connectivity index (χ3n) is 3.10. The number of hydrogen-bond acceptors (Lipinski definition) is 2. The minimum atomic E-state index is -0.663. The Morgan fingerprint density at radius 2 is 1.45 bits per heavy atom. The summed E-state index contributed by atoms with van der Waals surface area (Å²) in [6.45, 7) is 1.08. The summed E-state index contributed by atoms with van der Waals surface area (Å²) in [5.74, 6) is -0.557. The zero-order valence-corrected chi connectivity index (χ0v) is 11.0. The Morgan fingerprint density at radius 1 is 0.900 bits per heavy atom. The molecule has 0 radical (unpaired) electrons. The summed E-state index contributed by atoms with van der Waals surface area (Å²) in [4.78, 5) is 0. The average Bonchev–Trinajstić information content (AvgIpc) is 2.46. The maximum absolute atomic E-state index is 12.7. The molecule has 1 unspecified atom stereocenters. The van der Waals surface area contributed by atoms with E-state index in [2.05, 4.69) is 5.32 Å². The van der Waals surface area contributed by atoms with Crippen molar-refractivity contribution in [3.63, 3.8) is 0 Å². The standard InChI is InChI=1S/C16H17F2NO/c17-14-5-1-12(2-6-14)9-10-19-11-16(20)13-3-7-15(18)8-4-13/h1-8,16,19-20H,9-11H2. The van der Waals surface area contributed by atoms with Crippen LogP contribution < -0.4 is 5.32 Å². The van der Waals surface area contributed by atoms with Crippen molar-refractivity contribution in [3.05, 3.63) is 71.3 Å². The van der Waals surface area contributed by atoms with Crippen molar-refractivity contribution in [2.24, 2.45) is 0 Å². The Kier molecular flexibility index (Phi) is 5.21. The lowest BCUT2D eigenvalue weighted by Crippen LogP contribution is -2.23. The highest BCUT2D eigenvalue weighted by Crippen LogP contribution is 2.12. The van der Waals surface area contributed by atoms with Gasteiger partial charge in [-0.1, -0.05) is 24.3 Å². The van der Waals surface area contributed by atoms with Crippen LogP contribution in [0.15, 0.2) is 48.5 Å². The van der Waals surface area contributed by atoms with Crippen LogP contribution in [0.4, 0.5) is 8.78 Å². The van der Waals surface area contributed by atoms with E-state index in [1.165, 1.54) is 24.3 Å². The van der Waals surface area contributed by atoms with Crippen molar-refractivity contribution < 1.29 is 13.9 Å². The molecule has 0 heterocycles. The summed E-state index contributed by atoms with van der Waals surface area (Å²) in [5.41, 5.74) is 1.72. The molecule has 4 heteroatoms. The van der Waals surface area contributed by atoms with Gasteiger partial charge in [-0.25, -0.2) is 8.78 Å². The molecule has 0 aromatic heterocycles. The third kappa shape index (κ3) is 4.40. The molecule has 0 aliphatic heterocycles. The first-order chi connectivity index (χ1) is 9.65. The van der Waals surface area contributed by atoms with Crippen molar-refractivity contribution in [1.29, 1.82) is 0 Å². The molecular weight excluding hydrogens is 260 g/mol. The number of benzene rings is 2. The Morgan fingerprint density at radius 3 is 2.05 bits per heavy atom. The van der Waals surface area contributed by atoms with E-state index in [0.29, 0.717) is 18.7 Å². The fourth-order valence-electron chi connectivity index (χ4n) is 1.93. The smallest absolute Gasteiger partial charge is 0.123 e. The normalized spacial score (nSPS) is 12.3. The lowest BCUT2D eigenvalue weighted by Gasteiger charge is -2.12. The first kappa shape index (κ1) is 14.6. The highest BCUT2D eigenvalue weighted by Gasteiger charge is 2.06.